The first kappa shape index (κ1) is 23.4. The van der Waals surface area contributed by atoms with Gasteiger partial charge in [0.2, 0.25) is 5.91 Å². The van der Waals surface area contributed by atoms with Crippen molar-refractivity contribution in [3.05, 3.63) is 64.1 Å². The van der Waals surface area contributed by atoms with Gasteiger partial charge >= 0.3 is 0 Å². The third kappa shape index (κ3) is 6.38. The van der Waals surface area contributed by atoms with E-state index in [-0.39, 0.29) is 5.91 Å². The second kappa shape index (κ2) is 10.9. The van der Waals surface area contributed by atoms with Crippen molar-refractivity contribution >= 4 is 29.1 Å². The maximum atomic E-state index is 13.2. The molecule has 0 aliphatic carbocycles. The second-order valence-electron chi connectivity index (χ2n) is 8.73. The lowest BCUT2D eigenvalue weighted by atomic mass is 9.95. The zero-order valence-corrected chi connectivity index (χ0v) is 19.8. The molecular weight excluding hydrogens is 447 g/mol. The predicted octanol–water partition coefficient (Wildman–Crippen LogP) is 5.05. The molecule has 5 nitrogen and oxygen atoms in total. The average molecular weight is 477 g/mol. The molecule has 0 aromatic heterocycles. The first-order valence-corrected chi connectivity index (χ1v) is 12.0. The number of halogens is 2. The van der Waals surface area contributed by atoms with Crippen LogP contribution in [0.2, 0.25) is 10.0 Å². The quantitative estimate of drug-likeness (QED) is 0.560. The lowest BCUT2D eigenvalue weighted by molar-refractivity contribution is -0.157. The minimum atomic E-state index is -0.703. The second-order valence-corrected chi connectivity index (χ2v) is 9.61. The number of likely N-dealkylation sites (tertiary alicyclic amines) is 1. The first-order chi connectivity index (χ1) is 15.5. The third-order valence-corrected chi connectivity index (χ3v) is 6.61. The molecule has 1 amide bonds. The molecule has 0 bridgehead atoms. The molecule has 4 rings (SSSR count). The number of amides is 1. The molecule has 2 saturated heterocycles. The van der Waals surface area contributed by atoms with Gasteiger partial charge in [-0.05, 0) is 61.2 Å². The Morgan fingerprint density at radius 1 is 1.00 bits per heavy atom. The van der Waals surface area contributed by atoms with Gasteiger partial charge in [0, 0.05) is 42.8 Å². The van der Waals surface area contributed by atoms with Crippen molar-refractivity contribution in [1.29, 1.82) is 0 Å². The van der Waals surface area contributed by atoms with Crippen LogP contribution in [-0.4, -0.2) is 60.7 Å². The number of morpholine rings is 1. The fourth-order valence-corrected chi connectivity index (χ4v) is 4.81. The van der Waals surface area contributed by atoms with Crippen molar-refractivity contribution in [2.75, 3.05) is 39.4 Å². The average Bonchev–Trinajstić information content (AvgIpc) is 2.80. The molecule has 7 heteroatoms. The number of carbonyl (C=O) groups is 1. The standard InChI is InChI=1S/C25H30Cl2N2O3/c26-21-7-9-23(10-8-21)31-19-25(16-24(30)29-11-2-1-3-12-29)18-28(13-14-32-25)17-20-5-4-6-22(27)15-20/h4-10,15H,1-3,11-14,16-19H2. The molecule has 0 spiro atoms. The summed E-state index contributed by atoms with van der Waals surface area (Å²) in [4.78, 5) is 17.5. The van der Waals surface area contributed by atoms with Crippen molar-refractivity contribution in [1.82, 2.24) is 9.80 Å². The molecular formula is C25H30Cl2N2O3. The van der Waals surface area contributed by atoms with E-state index in [0.717, 1.165) is 55.4 Å². The van der Waals surface area contributed by atoms with Crippen LogP contribution in [0.3, 0.4) is 0 Å². The molecule has 0 radical (unpaired) electrons. The summed E-state index contributed by atoms with van der Waals surface area (Å²) >= 11 is 12.2. The minimum absolute atomic E-state index is 0.147. The molecule has 2 aliphatic heterocycles. The van der Waals surface area contributed by atoms with Gasteiger partial charge in [0.25, 0.3) is 0 Å². The lowest BCUT2D eigenvalue weighted by Crippen LogP contribution is -2.57. The van der Waals surface area contributed by atoms with Crippen molar-refractivity contribution in [2.45, 2.75) is 37.8 Å². The smallest absolute Gasteiger partial charge is 0.225 e. The number of piperidine rings is 1. The summed E-state index contributed by atoms with van der Waals surface area (Å²) in [7, 11) is 0. The molecule has 2 fully saturated rings. The van der Waals surface area contributed by atoms with Crippen LogP contribution in [0.1, 0.15) is 31.2 Å². The van der Waals surface area contributed by atoms with Gasteiger partial charge in [-0.2, -0.15) is 0 Å². The van der Waals surface area contributed by atoms with Crippen LogP contribution >= 0.6 is 23.2 Å². The van der Waals surface area contributed by atoms with Gasteiger partial charge in [0.1, 0.15) is 18.0 Å². The Bertz CT molecular complexity index is 902. The zero-order chi connectivity index (χ0) is 22.4. The number of rotatable bonds is 7. The molecule has 2 aromatic rings. The number of nitrogens with zero attached hydrogens (tertiary/aromatic N) is 2. The summed E-state index contributed by atoms with van der Waals surface area (Å²) in [5.41, 5.74) is 0.444. The Kier molecular flexibility index (Phi) is 7.95. The number of hydrogen-bond acceptors (Lipinski definition) is 4. The van der Waals surface area contributed by atoms with Crippen LogP contribution in [-0.2, 0) is 16.1 Å². The molecule has 32 heavy (non-hydrogen) atoms. The molecule has 1 atom stereocenters. The van der Waals surface area contributed by atoms with E-state index in [4.69, 9.17) is 32.7 Å². The molecule has 2 aromatic carbocycles. The highest BCUT2D eigenvalue weighted by Gasteiger charge is 2.41. The van der Waals surface area contributed by atoms with Gasteiger partial charge in [-0.25, -0.2) is 0 Å². The minimum Gasteiger partial charge on any atom is -0.491 e. The van der Waals surface area contributed by atoms with Gasteiger partial charge < -0.3 is 14.4 Å². The number of carbonyl (C=O) groups excluding carboxylic acids is 1. The number of benzene rings is 2. The third-order valence-electron chi connectivity index (χ3n) is 6.12. The highest BCUT2D eigenvalue weighted by atomic mass is 35.5. The maximum absolute atomic E-state index is 13.2. The van der Waals surface area contributed by atoms with Crippen LogP contribution < -0.4 is 4.74 Å². The van der Waals surface area contributed by atoms with Crippen LogP contribution in [0.4, 0.5) is 0 Å². The summed E-state index contributed by atoms with van der Waals surface area (Å²) in [5, 5.41) is 1.39. The monoisotopic (exact) mass is 476 g/mol. The Hall–Kier alpha value is -1.79. The normalized spacial score (nSPS) is 22.0. The number of ether oxygens (including phenoxy) is 2. The Morgan fingerprint density at radius 2 is 1.78 bits per heavy atom. The van der Waals surface area contributed by atoms with E-state index in [1.165, 1.54) is 6.42 Å². The summed E-state index contributed by atoms with van der Waals surface area (Å²) in [6.45, 7) is 4.70. The fourth-order valence-electron chi connectivity index (χ4n) is 4.47. The summed E-state index contributed by atoms with van der Waals surface area (Å²) in [5.74, 6) is 0.865. The Morgan fingerprint density at radius 3 is 2.53 bits per heavy atom. The Balaban J connectivity index is 1.48. The van der Waals surface area contributed by atoms with E-state index in [1.807, 2.05) is 35.2 Å². The molecule has 2 heterocycles. The van der Waals surface area contributed by atoms with Crippen molar-refractivity contribution in [2.24, 2.45) is 0 Å². The highest BCUT2D eigenvalue weighted by molar-refractivity contribution is 6.30. The van der Waals surface area contributed by atoms with Gasteiger partial charge in [-0.15, -0.1) is 0 Å². The highest BCUT2D eigenvalue weighted by Crippen LogP contribution is 2.28. The van der Waals surface area contributed by atoms with Gasteiger partial charge in [0.15, 0.2) is 0 Å². The lowest BCUT2D eigenvalue weighted by Gasteiger charge is -2.43. The topological polar surface area (TPSA) is 42.0 Å². The SMILES string of the molecule is O=C(CC1(COc2ccc(Cl)cc2)CN(Cc2cccc(Cl)c2)CCO1)N1CCCCC1. The molecule has 172 valence electrons. The summed E-state index contributed by atoms with van der Waals surface area (Å²) < 4.78 is 12.4. The van der Waals surface area contributed by atoms with Crippen LogP contribution in [0, 0.1) is 0 Å². The molecule has 1 unspecified atom stereocenters. The summed E-state index contributed by atoms with van der Waals surface area (Å²) in [6, 6.07) is 15.2. The van der Waals surface area contributed by atoms with Crippen molar-refractivity contribution < 1.29 is 14.3 Å². The maximum Gasteiger partial charge on any atom is 0.225 e. The van der Waals surface area contributed by atoms with E-state index in [0.29, 0.717) is 31.2 Å². The molecule has 2 aliphatic rings. The Labute approximate surface area is 200 Å². The van der Waals surface area contributed by atoms with E-state index in [2.05, 4.69) is 11.0 Å². The van der Waals surface area contributed by atoms with Crippen molar-refractivity contribution in [3.8, 4) is 5.75 Å². The van der Waals surface area contributed by atoms with Gasteiger partial charge in [-0.3, -0.25) is 9.69 Å². The van der Waals surface area contributed by atoms with E-state index >= 15 is 0 Å². The van der Waals surface area contributed by atoms with Gasteiger partial charge in [-0.1, -0.05) is 35.3 Å². The van der Waals surface area contributed by atoms with E-state index < -0.39 is 5.60 Å². The number of hydrogen-bond donors (Lipinski definition) is 0. The van der Waals surface area contributed by atoms with E-state index in [1.54, 1.807) is 12.1 Å². The molecule has 0 saturated carbocycles. The predicted molar refractivity (Wildman–Crippen MR) is 127 cm³/mol. The molecule has 0 N–H and O–H groups in total. The zero-order valence-electron chi connectivity index (χ0n) is 18.3. The largest absolute Gasteiger partial charge is 0.491 e. The van der Waals surface area contributed by atoms with Crippen LogP contribution in [0.15, 0.2) is 48.5 Å². The van der Waals surface area contributed by atoms with Crippen molar-refractivity contribution in [3.63, 3.8) is 0 Å². The fraction of sp³-hybridized carbons (Fsp3) is 0.480. The summed E-state index contributed by atoms with van der Waals surface area (Å²) in [6.07, 6.45) is 3.65. The van der Waals surface area contributed by atoms with E-state index in [9.17, 15) is 4.79 Å². The first-order valence-electron chi connectivity index (χ1n) is 11.3. The van der Waals surface area contributed by atoms with Gasteiger partial charge in [0.05, 0.1) is 13.0 Å². The van der Waals surface area contributed by atoms with Crippen LogP contribution in [0.25, 0.3) is 0 Å². The van der Waals surface area contributed by atoms with Crippen LogP contribution in [0.5, 0.6) is 5.75 Å².